The molecule has 0 bridgehead atoms. The molecule has 0 fully saturated rings. The zero-order valence-corrected chi connectivity index (χ0v) is 11.5. The van der Waals surface area contributed by atoms with Gasteiger partial charge < -0.3 is 9.84 Å². The topological polar surface area (TPSA) is 32.7 Å². The normalized spacial score (nSPS) is 11.9. The van der Waals surface area contributed by atoms with Gasteiger partial charge in [-0.05, 0) is 26.5 Å². The lowest BCUT2D eigenvalue weighted by atomic mass is 10.1. The third-order valence-electron chi connectivity index (χ3n) is 2.71. The molecular weight excluding hydrogens is 233 g/mol. The van der Waals surface area contributed by atoms with Gasteiger partial charge in [-0.15, -0.1) is 0 Å². The molecule has 1 aromatic rings. The maximum Gasteiger partial charge on any atom is 0.131 e. The predicted octanol–water partition coefficient (Wildman–Crippen LogP) is 2.43. The van der Waals surface area contributed by atoms with E-state index in [0.717, 1.165) is 6.54 Å². The van der Waals surface area contributed by atoms with E-state index < -0.39 is 5.60 Å². The van der Waals surface area contributed by atoms with Crippen LogP contribution in [-0.2, 0) is 6.54 Å². The van der Waals surface area contributed by atoms with Crippen LogP contribution in [0.1, 0.15) is 26.3 Å². The molecule has 0 saturated heterocycles. The summed E-state index contributed by atoms with van der Waals surface area (Å²) >= 11 is 0. The van der Waals surface area contributed by atoms with Crippen LogP contribution < -0.4 is 4.74 Å². The molecule has 0 aliphatic carbocycles. The summed E-state index contributed by atoms with van der Waals surface area (Å²) < 4.78 is 18.8. The monoisotopic (exact) mass is 255 g/mol. The number of aliphatic hydroxyl groups is 1. The molecule has 1 rings (SSSR count). The molecule has 0 radical (unpaired) electrons. The second-order valence-electron chi connectivity index (χ2n) is 5.07. The van der Waals surface area contributed by atoms with Gasteiger partial charge in [0.2, 0.25) is 0 Å². The highest BCUT2D eigenvalue weighted by molar-refractivity contribution is 5.28. The van der Waals surface area contributed by atoms with Gasteiger partial charge in [0, 0.05) is 24.7 Å². The van der Waals surface area contributed by atoms with Gasteiger partial charge in [-0.3, -0.25) is 4.90 Å². The Bertz CT molecular complexity index is 388. The second-order valence-corrected chi connectivity index (χ2v) is 5.07. The molecule has 0 saturated carbocycles. The molecule has 0 aromatic heterocycles. The molecule has 1 aromatic carbocycles. The first-order chi connectivity index (χ1) is 8.35. The van der Waals surface area contributed by atoms with Crippen LogP contribution in [0.5, 0.6) is 5.75 Å². The molecule has 0 atom stereocenters. The molecular formula is C14H22FNO2. The van der Waals surface area contributed by atoms with Gasteiger partial charge in [-0.1, -0.05) is 13.0 Å². The highest BCUT2D eigenvalue weighted by atomic mass is 19.1. The lowest BCUT2D eigenvalue weighted by Gasteiger charge is -2.28. The van der Waals surface area contributed by atoms with Crippen LogP contribution in [0.4, 0.5) is 4.39 Å². The van der Waals surface area contributed by atoms with E-state index in [4.69, 9.17) is 4.74 Å². The zero-order chi connectivity index (χ0) is 13.8. The second kappa shape index (κ2) is 6.16. The van der Waals surface area contributed by atoms with Crippen LogP contribution >= 0.6 is 0 Å². The zero-order valence-electron chi connectivity index (χ0n) is 11.5. The quantitative estimate of drug-likeness (QED) is 0.847. The third-order valence-corrected chi connectivity index (χ3v) is 2.71. The summed E-state index contributed by atoms with van der Waals surface area (Å²) in [5.41, 5.74) is -0.166. The number of methoxy groups -OCH3 is 1. The fraction of sp³-hybridized carbons (Fsp3) is 0.571. The molecule has 4 heteroatoms. The molecule has 0 aliphatic rings. The number of nitrogens with zero attached hydrogens (tertiary/aromatic N) is 1. The Kier molecular flexibility index (Phi) is 5.11. The SMILES string of the molecule is CCN(Cc1ccc(OC)cc1F)CC(C)(C)O. The van der Waals surface area contributed by atoms with Crippen LogP contribution in [0.3, 0.4) is 0 Å². The van der Waals surface area contributed by atoms with Gasteiger partial charge in [0.15, 0.2) is 0 Å². The largest absolute Gasteiger partial charge is 0.497 e. The van der Waals surface area contributed by atoms with Crippen molar-refractivity contribution in [2.45, 2.75) is 32.9 Å². The summed E-state index contributed by atoms with van der Waals surface area (Å²) in [5, 5.41) is 9.79. The Labute approximate surface area is 108 Å². The van der Waals surface area contributed by atoms with Gasteiger partial charge in [0.1, 0.15) is 11.6 Å². The summed E-state index contributed by atoms with van der Waals surface area (Å²) in [5.74, 6) is 0.241. The van der Waals surface area contributed by atoms with Crippen LogP contribution in [0.15, 0.2) is 18.2 Å². The predicted molar refractivity (Wildman–Crippen MR) is 70.2 cm³/mol. The number of benzene rings is 1. The van der Waals surface area contributed by atoms with E-state index in [-0.39, 0.29) is 5.82 Å². The lowest BCUT2D eigenvalue weighted by molar-refractivity contribution is 0.0350. The van der Waals surface area contributed by atoms with Gasteiger partial charge >= 0.3 is 0 Å². The average molecular weight is 255 g/mol. The maximum atomic E-state index is 13.8. The van der Waals surface area contributed by atoms with Gasteiger partial charge in [0.05, 0.1) is 12.7 Å². The van der Waals surface area contributed by atoms with Crippen LogP contribution in [-0.4, -0.2) is 35.8 Å². The van der Waals surface area contributed by atoms with Crippen molar-refractivity contribution in [3.63, 3.8) is 0 Å². The van der Waals surface area contributed by atoms with E-state index >= 15 is 0 Å². The van der Waals surface area contributed by atoms with E-state index in [0.29, 0.717) is 24.4 Å². The summed E-state index contributed by atoms with van der Waals surface area (Å²) in [6.07, 6.45) is 0. The third kappa shape index (κ3) is 4.63. The first-order valence-electron chi connectivity index (χ1n) is 6.13. The maximum absolute atomic E-state index is 13.8. The van der Waals surface area contributed by atoms with Crippen molar-refractivity contribution in [1.82, 2.24) is 4.90 Å². The lowest BCUT2D eigenvalue weighted by Crippen LogP contribution is -2.38. The van der Waals surface area contributed by atoms with E-state index in [1.165, 1.54) is 13.2 Å². The highest BCUT2D eigenvalue weighted by Crippen LogP contribution is 2.18. The Morgan fingerprint density at radius 2 is 2.06 bits per heavy atom. The fourth-order valence-electron chi connectivity index (χ4n) is 1.85. The first-order valence-corrected chi connectivity index (χ1v) is 6.13. The fourth-order valence-corrected chi connectivity index (χ4v) is 1.85. The Balaban J connectivity index is 2.76. The molecule has 1 N–H and O–H groups in total. The number of halogens is 1. The van der Waals surface area contributed by atoms with Crippen LogP contribution in [0.2, 0.25) is 0 Å². The van der Waals surface area contributed by atoms with Crippen molar-refractivity contribution in [1.29, 1.82) is 0 Å². The highest BCUT2D eigenvalue weighted by Gasteiger charge is 2.18. The smallest absolute Gasteiger partial charge is 0.131 e. The molecule has 3 nitrogen and oxygen atoms in total. The number of ether oxygens (including phenoxy) is 1. The van der Waals surface area contributed by atoms with Crippen molar-refractivity contribution in [3.8, 4) is 5.75 Å². The van der Waals surface area contributed by atoms with E-state index in [1.807, 2.05) is 11.8 Å². The number of rotatable bonds is 6. The van der Waals surface area contributed by atoms with Crippen LogP contribution in [0.25, 0.3) is 0 Å². The van der Waals surface area contributed by atoms with Crippen molar-refractivity contribution in [2.75, 3.05) is 20.2 Å². The number of hydrogen-bond acceptors (Lipinski definition) is 3. The van der Waals surface area contributed by atoms with Crippen molar-refractivity contribution >= 4 is 0 Å². The van der Waals surface area contributed by atoms with Gasteiger partial charge in [-0.2, -0.15) is 0 Å². The van der Waals surface area contributed by atoms with E-state index in [2.05, 4.69) is 0 Å². The number of hydrogen-bond donors (Lipinski definition) is 1. The first kappa shape index (κ1) is 14.9. The molecule has 0 amide bonds. The van der Waals surface area contributed by atoms with Gasteiger partial charge in [0.25, 0.3) is 0 Å². The van der Waals surface area contributed by atoms with E-state index in [9.17, 15) is 9.50 Å². The summed E-state index contributed by atoms with van der Waals surface area (Å²) in [4.78, 5) is 2.00. The van der Waals surface area contributed by atoms with Gasteiger partial charge in [-0.25, -0.2) is 4.39 Å². The summed E-state index contributed by atoms with van der Waals surface area (Å²) in [6, 6.07) is 4.85. The minimum atomic E-state index is -0.779. The van der Waals surface area contributed by atoms with Crippen molar-refractivity contribution < 1.29 is 14.2 Å². The molecule has 102 valence electrons. The summed E-state index contributed by atoms with van der Waals surface area (Å²) in [6.45, 7) is 7.24. The van der Waals surface area contributed by atoms with Crippen LogP contribution in [0, 0.1) is 5.82 Å². The van der Waals surface area contributed by atoms with Crippen molar-refractivity contribution in [3.05, 3.63) is 29.6 Å². The van der Waals surface area contributed by atoms with Crippen molar-refractivity contribution in [2.24, 2.45) is 0 Å². The average Bonchev–Trinajstić information content (AvgIpc) is 2.28. The minimum Gasteiger partial charge on any atom is -0.497 e. The summed E-state index contributed by atoms with van der Waals surface area (Å²) in [7, 11) is 1.51. The minimum absolute atomic E-state index is 0.274. The molecule has 0 unspecified atom stereocenters. The number of likely N-dealkylation sites (N-methyl/N-ethyl adjacent to an activating group) is 1. The molecule has 0 spiro atoms. The Morgan fingerprint density at radius 1 is 1.39 bits per heavy atom. The molecule has 0 heterocycles. The standard InChI is InChI=1S/C14H22FNO2/c1-5-16(10-14(2,3)17)9-11-6-7-12(18-4)8-13(11)15/h6-8,17H,5,9-10H2,1-4H3. The Morgan fingerprint density at radius 3 is 2.50 bits per heavy atom. The Hall–Kier alpha value is -1.13. The van der Waals surface area contributed by atoms with E-state index in [1.54, 1.807) is 26.0 Å². The molecule has 18 heavy (non-hydrogen) atoms. The molecule has 0 aliphatic heterocycles.